The van der Waals surface area contributed by atoms with Gasteiger partial charge in [0, 0.05) is 30.8 Å². The molecule has 1 fully saturated rings. The Morgan fingerprint density at radius 2 is 1.94 bits per heavy atom. The molecule has 1 amide bonds. The highest BCUT2D eigenvalue weighted by Gasteiger charge is 2.31. The largest absolute Gasteiger partial charge is 0.416 e. The summed E-state index contributed by atoms with van der Waals surface area (Å²) in [6.07, 6.45) is 2.47. The molecule has 3 heterocycles. The maximum atomic E-state index is 12.9. The van der Waals surface area contributed by atoms with Crippen LogP contribution in [0.25, 0.3) is 0 Å². The molecule has 1 aliphatic rings. The molecule has 0 saturated carbocycles. The van der Waals surface area contributed by atoms with Gasteiger partial charge in [-0.15, -0.1) is 0 Å². The quantitative estimate of drug-likeness (QED) is 0.666. The number of carbonyl (C=O) groups is 1. The van der Waals surface area contributed by atoms with Crippen LogP contribution in [-0.4, -0.2) is 33.9 Å². The van der Waals surface area contributed by atoms with Crippen LogP contribution in [0.2, 0.25) is 0 Å². The van der Waals surface area contributed by atoms with Crippen LogP contribution in [0.3, 0.4) is 0 Å². The molecule has 1 atom stereocenters. The number of carbonyl (C=O) groups excluding carboxylic acids is 1. The van der Waals surface area contributed by atoms with Crippen LogP contribution in [0.4, 0.5) is 24.7 Å². The molecule has 0 aliphatic carbocycles. The van der Waals surface area contributed by atoms with Crippen molar-refractivity contribution in [3.05, 3.63) is 77.5 Å². The van der Waals surface area contributed by atoms with Crippen molar-refractivity contribution < 1.29 is 18.0 Å². The highest BCUT2D eigenvalue weighted by atomic mass is 19.4. The van der Waals surface area contributed by atoms with E-state index in [4.69, 9.17) is 0 Å². The first-order valence-corrected chi connectivity index (χ1v) is 9.76. The van der Waals surface area contributed by atoms with Crippen molar-refractivity contribution in [3.8, 4) is 0 Å². The molecule has 1 saturated heterocycles. The van der Waals surface area contributed by atoms with Crippen LogP contribution in [-0.2, 0) is 6.18 Å². The average Bonchev–Trinajstić information content (AvgIpc) is 3.24. The van der Waals surface area contributed by atoms with Gasteiger partial charge in [0.25, 0.3) is 5.91 Å². The number of pyridine rings is 1. The van der Waals surface area contributed by atoms with Gasteiger partial charge in [0.05, 0.1) is 23.6 Å². The summed E-state index contributed by atoms with van der Waals surface area (Å²) in [5.41, 5.74) is 2.57. The van der Waals surface area contributed by atoms with E-state index in [1.165, 1.54) is 6.33 Å². The molecule has 3 aromatic rings. The summed E-state index contributed by atoms with van der Waals surface area (Å²) in [5, 5.41) is 2.47. The van der Waals surface area contributed by atoms with Crippen LogP contribution < -0.4 is 10.2 Å². The third-order valence-corrected chi connectivity index (χ3v) is 5.41. The van der Waals surface area contributed by atoms with Crippen molar-refractivity contribution >= 4 is 17.4 Å². The van der Waals surface area contributed by atoms with Gasteiger partial charge in [-0.05, 0) is 48.7 Å². The van der Waals surface area contributed by atoms with E-state index in [9.17, 15) is 18.0 Å². The van der Waals surface area contributed by atoms with Gasteiger partial charge in [0.1, 0.15) is 12.1 Å². The molecule has 9 heteroatoms. The molecule has 1 aromatic carbocycles. The first-order valence-electron chi connectivity index (χ1n) is 9.76. The predicted octanol–water partition coefficient (Wildman–Crippen LogP) is 4.45. The Hall–Kier alpha value is -3.49. The molecule has 6 nitrogen and oxygen atoms in total. The zero-order valence-corrected chi connectivity index (χ0v) is 16.7. The van der Waals surface area contributed by atoms with Crippen molar-refractivity contribution in [2.45, 2.75) is 25.4 Å². The fourth-order valence-corrected chi connectivity index (χ4v) is 3.79. The van der Waals surface area contributed by atoms with Crippen molar-refractivity contribution in [1.29, 1.82) is 0 Å². The van der Waals surface area contributed by atoms with Crippen molar-refractivity contribution in [2.75, 3.05) is 23.3 Å². The first kappa shape index (κ1) is 20.8. The lowest BCUT2D eigenvalue weighted by atomic mass is 9.92. The Kier molecular flexibility index (Phi) is 5.58. The standard InChI is InChI=1S/C22H20F3N5O/c1-14-2-3-15(21(31)29-20-9-17(4-6-28-20)22(23,24)25)8-19(14)16-5-7-30(12-16)18-10-26-13-27-11-18/h2-4,6,8-11,13,16H,5,7,12H2,1H3,(H,28,29,31)/t16-/m1/s1. The van der Waals surface area contributed by atoms with E-state index in [0.29, 0.717) is 5.56 Å². The number of nitrogens with one attached hydrogen (secondary N) is 1. The molecule has 4 rings (SSSR count). The van der Waals surface area contributed by atoms with Crippen LogP contribution >= 0.6 is 0 Å². The molecule has 0 unspecified atom stereocenters. The number of amides is 1. The number of hydrogen-bond acceptors (Lipinski definition) is 5. The second-order valence-electron chi connectivity index (χ2n) is 7.48. The Morgan fingerprint density at radius 1 is 1.16 bits per heavy atom. The minimum Gasteiger partial charge on any atom is -0.368 e. The fourth-order valence-electron chi connectivity index (χ4n) is 3.79. The first-order chi connectivity index (χ1) is 14.8. The molecule has 31 heavy (non-hydrogen) atoms. The minimum atomic E-state index is -4.50. The molecular weight excluding hydrogens is 407 g/mol. The van der Waals surface area contributed by atoms with Gasteiger partial charge < -0.3 is 10.2 Å². The number of halogens is 3. The monoisotopic (exact) mass is 427 g/mol. The minimum absolute atomic E-state index is 0.141. The van der Waals surface area contributed by atoms with Crippen LogP contribution in [0.5, 0.6) is 0 Å². The van der Waals surface area contributed by atoms with E-state index >= 15 is 0 Å². The van der Waals surface area contributed by atoms with Gasteiger partial charge in [-0.2, -0.15) is 13.2 Å². The number of anilines is 2. The highest BCUT2D eigenvalue weighted by molar-refractivity contribution is 6.04. The molecule has 0 spiro atoms. The molecular formula is C22H20F3N5O. The maximum Gasteiger partial charge on any atom is 0.416 e. The van der Waals surface area contributed by atoms with Crippen LogP contribution in [0.1, 0.15) is 39.4 Å². The summed E-state index contributed by atoms with van der Waals surface area (Å²) >= 11 is 0. The second kappa shape index (κ2) is 8.33. The summed E-state index contributed by atoms with van der Waals surface area (Å²) < 4.78 is 38.7. The highest BCUT2D eigenvalue weighted by Crippen LogP contribution is 2.33. The normalized spacial score (nSPS) is 16.4. The Bertz CT molecular complexity index is 1090. The molecule has 0 bridgehead atoms. The number of hydrogen-bond donors (Lipinski definition) is 1. The molecule has 1 N–H and O–H groups in total. The van der Waals surface area contributed by atoms with E-state index in [1.54, 1.807) is 18.5 Å². The lowest BCUT2D eigenvalue weighted by molar-refractivity contribution is -0.137. The Morgan fingerprint density at radius 3 is 2.68 bits per heavy atom. The molecule has 2 aromatic heterocycles. The number of rotatable bonds is 4. The van der Waals surface area contributed by atoms with Gasteiger partial charge in [0.15, 0.2) is 0 Å². The van der Waals surface area contributed by atoms with Crippen molar-refractivity contribution in [2.24, 2.45) is 0 Å². The van der Waals surface area contributed by atoms with Gasteiger partial charge in [-0.1, -0.05) is 6.07 Å². The SMILES string of the molecule is Cc1ccc(C(=O)Nc2cc(C(F)(F)F)ccn2)cc1[C@@H]1CCN(c2cncnc2)C1. The van der Waals surface area contributed by atoms with E-state index in [-0.39, 0.29) is 11.7 Å². The van der Waals surface area contributed by atoms with Gasteiger partial charge >= 0.3 is 6.18 Å². The van der Waals surface area contributed by atoms with Gasteiger partial charge in [-0.25, -0.2) is 15.0 Å². The third-order valence-electron chi connectivity index (χ3n) is 5.41. The van der Waals surface area contributed by atoms with E-state index in [0.717, 1.165) is 54.7 Å². The van der Waals surface area contributed by atoms with Gasteiger partial charge in [0.2, 0.25) is 0 Å². The number of nitrogens with zero attached hydrogens (tertiary/aromatic N) is 4. The average molecular weight is 427 g/mol. The number of alkyl halides is 3. The van der Waals surface area contributed by atoms with Crippen molar-refractivity contribution in [1.82, 2.24) is 15.0 Å². The molecule has 160 valence electrons. The number of aryl methyl sites for hydroxylation is 1. The van der Waals surface area contributed by atoms with Gasteiger partial charge in [-0.3, -0.25) is 4.79 Å². The molecule has 1 aliphatic heterocycles. The smallest absolute Gasteiger partial charge is 0.368 e. The number of aromatic nitrogens is 3. The van der Waals surface area contributed by atoms with Crippen LogP contribution in [0, 0.1) is 6.92 Å². The van der Waals surface area contributed by atoms with Crippen molar-refractivity contribution in [3.63, 3.8) is 0 Å². The summed E-state index contributed by atoms with van der Waals surface area (Å²) in [7, 11) is 0. The Labute approximate surface area is 177 Å². The fraction of sp³-hybridized carbons (Fsp3) is 0.273. The Balaban J connectivity index is 1.51. The summed E-state index contributed by atoms with van der Waals surface area (Å²) in [5.74, 6) is -0.419. The zero-order chi connectivity index (χ0) is 22.0. The van der Waals surface area contributed by atoms with E-state index in [1.807, 2.05) is 19.1 Å². The van der Waals surface area contributed by atoms with Crippen LogP contribution in [0.15, 0.2) is 55.2 Å². The maximum absolute atomic E-state index is 12.9. The topological polar surface area (TPSA) is 71.0 Å². The summed E-state index contributed by atoms with van der Waals surface area (Å²) in [6.45, 7) is 3.61. The lowest BCUT2D eigenvalue weighted by Gasteiger charge is -2.19. The van der Waals surface area contributed by atoms with E-state index in [2.05, 4.69) is 25.2 Å². The summed E-state index contributed by atoms with van der Waals surface area (Å²) in [4.78, 5) is 26.8. The zero-order valence-electron chi connectivity index (χ0n) is 16.7. The second-order valence-corrected chi connectivity index (χ2v) is 7.48. The predicted molar refractivity (Wildman–Crippen MR) is 110 cm³/mol. The number of benzene rings is 1. The summed E-state index contributed by atoms with van der Waals surface area (Å²) in [6, 6.07) is 7.03. The molecule has 0 radical (unpaired) electrons. The van der Waals surface area contributed by atoms with E-state index < -0.39 is 17.6 Å². The lowest BCUT2D eigenvalue weighted by Crippen LogP contribution is -2.20. The third kappa shape index (κ3) is 4.65.